The standard InChI is InChI=1S/C32H28ClN3O3S2/c1-3-8-24-28(31(38)39-4-2)29(26-11-7-16-40-26)36-30(37)27(41-32(36)34-24)17-21-19-35(25-10-6-5-9-23(21)25)18-20-12-14-22(33)15-13-20/h5-7,9-17,19,29H,3-4,8,18H2,1-2H3/b27-17+/t29-/m0/s1. The molecule has 0 radical (unpaired) electrons. The second-order valence-electron chi connectivity index (χ2n) is 9.78. The lowest BCUT2D eigenvalue weighted by Gasteiger charge is -2.24. The Balaban J connectivity index is 1.51. The van der Waals surface area contributed by atoms with E-state index in [9.17, 15) is 9.59 Å². The minimum Gasteiger partial charge on any atom is -0.463 e. The molecule has 5 aromatic rings. The fourth-order valence-electron chi connectivity index (χ4n) is 5.29. The summed E-state index contributed by atoms with van der Waals surface area (Å²) < 4.78 is 9.89. The van der Waals surface area contributed by atoms with E-state index in [1.54, 1.807) is 11.5 Å². The maximum atomic E-state index is 14.1. The Labute approximate surface area is 250 Å². The number of carbonyl (C=O) groups excluding carboxylic acids is 1. The molecule has 1 atom stereocenters. The zero-order chi connectivity index (χ0) is 28.5. The minimum atomic E-state index is -0.569. The average molecular weight is 602 g/mol. The smallest absolute Gasteiger partial charge is 0.338 e. The SMILES string of the molecule is CCCC1=C(C(=O)OCC)[C@H](c2cccs2)n2c(s/c(=C/c3cn(Cc4ccc(Cl)cc4)c4ccccc34)c2=O)=N1. The summed E-state index contributed by atoms with van der Waals surface area (Å²) in [7, 11) is 0. The lowest BCUT2D eigenvalue weighted by molar-refractivity contribution is -0.139. The maximum absolute atomic E-state index is 14.1. The molecule has 0 aliphatic carbocycles. The fraction of sp³-hybridized carbons (Fsp3) is 0.219. The number of rotatable bonds is 8. The van der Waals surface area contributed by atoms with Gasteiger partial charge in [0.15, 0.2) is 4.80 Å². The highest BCUT2D eigenvalue weighted by Crippen LogP contribution is 2.34. The van der Waals surface area contributed by atoms with Gasteiger partial charge in [0.05, 0.1) is 22.4 Å². The van der Waals surface area contributed by atoms with Gasteiger partial charge in [-0.1, -0.05) is 72.7 Å². The van der Waals surface area contributed by atoms with E-state index in [0.717, 1.165) is 33.3 Å². The molecule has 0 fully saturated rings. The molecule has 2 aromatic carbocycles. The van der Waals surface area contributed by atoms with E-state index >= 15 is 0 Å². The fourth-order valence-corrected chi connectivity index (χ4v) is 7.25. The molecule has 41 heavy (non-hydrogen) atoms. The van der Waals surface area contributed by atoms with Crippen LogP contribution in [0.4, 0.5) is 0 Å². The Bertz CT molecular complexity index is 1950. The molecule has 9 heteroatoms. The van der Waals surface area contributed by atoms with Crippen LogP contribution >= 0.6 is 34.3 Å². The zero-order valence-corrected chi connectivity index (χ0v) is 25.1. The minimum absolute atomic E-state index is 0.168. The molecule has 1 aliphatic rings. The summed E-state index contributed by atoms with van der Waals surface area (Å²) in [6.45, 7) is 4.77. The number of thiazole rings is 1. The number of hydrogen-bond donors (Lipinski definition) is 0. The summed E-state index contributed by atoms with van der Waals surface area (Å²) in [5.41, 5.74) is 4.14. The first-order valence-corrected chi connectivity index (χ1v) is 15.6. The van der Waals surface area contributed by atoms with E-state index < -0.39 is 12.0 Å². The molecule has 0 N–H and O–H groups in total. The van der Waals surface area contributed by atoms with Crippen LogP contribution in [0.5, 0.6) is 0 Å². The van der Waals surface area contributed by atoms with E-state index in [-0.39, 0.29) is 12.2 Å². The molecule has 0 amide bonds. The Morgan fingerprint density at radius 1 is 1.10 bits per heavy atom. The van der Waals surface area contributed by atoms with Crippen LogP contribution in [-0.2, 0) is 16.1 Å². The Morgan fingerprint density at radius 2 is 1.90 bits per heavy atom. The van der Waals surface area contributed by atoms with Crippen molar-refractivity contribution in [1.82, 2.24) is 9.13 Å². The van der Waals surface area contributed by atoms with Crippen LogP contribution in [0.25, 0.3) is 17.0 Å². The number of fused-ring (bicyclic) bond motifs is 2. The number of allylic oxidation sites excluding steroid dienone is 1. The van der Waals surface area contributed by atoms with Crippen LogP contribution in [0, 0.1) is 0 Å². The quantitative estimate of drug-likeness (QED) is 0.196. The largest absolute Gasteiger partial charge is 0.463 e. The third-order valence-electron chi connectivity index (χ3n) is 7.08. The maximum Gasteiger partial charge on any atom is 0.338 e. The van der Waals surface area contributed by atoms with Gasteiger partial charge in [0.2, 0.25) is 0 Å². The molecule has 6 nitrogen and oxygen atoms in total. The molecular formula is C32H28ClN3O3S2. The lowest BCUT2D eigenvalue weighted by Crippen LogP contribution is -2.39. The number of carbonyl (C=O) groups is 1. The van der Waals surface area contributed by atoms with Gasteiger partial charge in [0, 0.05) is 39.1 Å². The van der Waals surface area contributed by atoms with Crippen molar-refractivity contribution in [2.75, 3.05) is 6.61 Å². The number of thiophene rings is 1. The number of halogens is 1. The predicted octanol–water partition coefficient (Wildman–Crippen LogP) is 6.30. The molecule has 0 unspecified atom stereocenters. The molecule has 0 saturated carbocycles. The van der Waals surface area contributed by atoms with E-state index in [0.29, 0.717) is 38.6 Å². The molecule has 1 aliphatic heterocycles. The molecular weight excluding hydrogens is 574 g/mol. The van der Waals surface area contributed by atoms with Gasteiger partial charge >= 0.3 is 5.97 Å². The third kappa shape index (κ3) is 5.23. The molecule has 0 spiro atoms. The van der Waals surface area contributed by atoms with Gasteiger partial charge in [-0.25, -0.2) is 9.79 Å². The van der Waals surface area contributed by atoms with Crippen molar-refractivity contribution in [3.63, 3.8) is 0 Å². The number of esters is 1. The van der Waals surface area contributed by atoms with Gasteiger partial charge in [-0.3, -0.25) is 9.36 Å². The van der Waals surface area contributed by atoms with Crippen LogP contribution in [0.1, 0.15) is 48.7 Å². The van der Waals surface area contributed by atoms with Crippen molar-refractivity contribution in [1.29, 1.82) is 0 Å². The third-order valence-corrected chi connectivity index (χ3v) is 9.24. The molecule has 0 saturated heterocycles. The normalized spacial score (nSPS) is 15.3. The number of nitrogens with zero attached hydrogens (tertiary/aromatic N) is 3. The number of hydrogen-bond acceptors (Lipinski definition) is 6. The number of benzene rings is 2. The van der Waals surface area contributed by atoms with Crippen molar-refractivity contribution in [2.45, 2.75) is 39.3 Å². The van der Waals surface area contributed by atoms with Crippen LogP contribution in [0.2, 0.25) is 5.02 Å². The van der Waals surface area contributed by atoms with E-state index in [1.807, 2.05) is 60.0 Å². The first-order chi connectivity index (χ1) is 20.0. The average Bonchev–Trinajstić information content (AvgIpc) is 3.69. The number of para-hydroxylation sites is 1. The van der Waals surface area contributed by atoms with Crippen LogP contribution in [0.15, 0.2) is 93.3 Å². The van der Waals surface area contributed by atoms with Crippen molar-refractivity contribution in [3.8, 4) is 0 Å². The van der Waals surface area contributed by atoms with Gasteiger partial charge in [-0.15, -0.1) is 11.3 Å². The summed E-state index contributed by atoms with van der Waals surface area (Å²) >= 11 is 8.98. The first-order valence-electron chi connectivity index (χ1n) is 13.6. The zero-order valence-electron chi connectivity index (χ0n) is 22.7. The van der Waals surface area contributed by atoms with Gasteiger partial charge in [0.25, 0.3) is 5.56 Å². The van der Waals surface area contributed by atoms with Crippen LogP contribution in [0.3, 0.4) is 0 Å². The highest BCUT2D eigenvalue weighted by atomic mass is 35.5. The van der Waals surface area contributed by atoms with Crippen molar-refractivity contribution >= 4 is 57.2 Å². The predicted molar refractivity (Wildman–Crippen MR) is 166 cm³/mol. The van der Waals surface area contributed by atoms with Crippen LogP contribution in [-0.4, -0.2) is 21.7 Å². The first kappa shape index (κ1) is 27.4. The second kappa shape index (κ2) is 11.6. The van der Waals surface area contributed by atoms with Crippen molar-refractivity contribution in [3.05, 3.63) is 124 Å². The Morgan fingerprint density at radius 3 is 2.63 bits per heavy atom. The summed E-state index contributed by atoms with van der Waals surface area (Å²) in [6.07, 6.45) is 5.48. The van der Waals surface area contributed by atoms with Gasteiger partial charge in [-0.2, -0.15) is 0 Å². The van der Waals surface area contributed by atoms with E-state index in [1.165, 1.54) is 22.7 Å². The van der Waals surface area contributed by atoms with Crippen LogP contribution < -0.4 is 14.9 Å². The highest BCUT2D eigenvalue weighted by Gasteiger charge is 2.34. The summed E-state index contributed by atoms with van der Waals surface area (Å²) in [6, 6.07) is 19.4. The van der Waals surface area contributed by atoms with E-state index in [4.69, 9.17) is 21.3 Å². The molecule has 6 rings (SSSR count). The van der Waals surface area contributed by atoms with Gasteiger partial charge in [0.1, 0.15) is 6.04 Å². The highest BCUT2D eigenvalue weighted by molar-refractivity contribution is 7.10. The Kier molecular flexibility index (Phi) is 7.79. The second-order valence-corrected chi connectivity index (χ2v) is 12.2. The van der Waals surface area contributed by atoms with Crippen molar-refractivity contribution in [2.24, 2.45) is 4.99 Å². The summed E-state index contributed by atoms with van der Waals surface area (Å²) in [5.74, 6) is -0.419. The summed E-state index contributed by atoms with van der Waals surface area (Å²) in [4.78, 5) is 33.7. The molecule has 4 heterocycles. The monoisotopic (exact) mass is 601 g/mol. The van der Waals surface area contributed by atoms with Crippen molar-refractivity contribution < 1.29 is 9.53 Å². The molecule has 208 valence electrons. The molecule has 3 aromatic heterocycles. The van der Waals surface area contributed by atoms with E-state index in [2.05, 4.69) is 29.8 Å². The number of aromatic nitrogens is 2. The van der Waals surface area contributed by atoms with Gasteiger partial charge < -0.3 is 9.30 Å². The Hall–Kier alpha value is -3.72. The van der Waals surface area contributed by atoms with Gasteiger partial charge in [-0.05, 0) is 54.6 Å². The topological polar surface area (TPSA) is 65.6 Å². The summed E-state index contributed by atoms with van der Waals surface area (Å²) in [5, 5.41) is 3.72. The molecule has 0 bridgehead atoms. The number of ether oxygens (including phenoxy) is 1. The lowest BCUT2D eigenvalue weighted by atomic mass is 9.99.